The smallest absolute Gasteiger partial charge is 0.262 e. The highest BCUT2D eigenvalue weighted by Crippen LogP contribution is 2.25. The van der Waals surface area contributed by atoms with E-state index in [1.165, 1.54) is 0 Å². The number of H-pyrrole nitrogens is 1. The first-order valence-corrected chi connectivity index (χ1v) is 6.37. The predicted octanol–water partition coefficient (Wildman–Crippen LogP) is 0.605. The molecule has 0 aliphatic carbocycles. The van der Waals surface area contributed by atoms with Crippen molar-refractivity contribution in [3.8, 4) is 0 Å². The molecule has 1 atom stereocenters. The highest BCUT2D eigenvalue weighted by molar-refractivity contribution is 5.82. The molecule has 2 rings (SSSR count). The van der Waals surface area contributed by atoms with E-state index in [9.17, 15) is 18.4 Å². The van der Waals surface area contributed by atoms with Crippen LogP contribution >= 0.6 is 0 Å². The van der Waals surface area contributed by atoms with Gasteiger partial charge in [0.2, 0.25) is 5.91 Å². The highest BCUT2D eigenvalue weighted by atomic mass is 19.3. The van der Waals surface area contributed by atoms with E-state index < -0.39 is 30.8 Å². The quantitative estimate of drug-likeness (QED) is 0.761. The van der Waals surface area contributed by atoms with Crippen LogP contribution in [0, 0.1) is 13.8 Å². The van der Waals surface area contributed by atoms with Crippen molar-refractivity contribution in [2.75, 3.05) is 6.54 Å². The van der Waals surface area contributed by atoms with E-state index in [0.717, 1.165) is 11.3 Å². The Bertz CT molecular complexity index is 583. The number of carbonyl (C=O) groups is 1. The van der Waals surface area contributed by atoms with Gasteiger partial charge in [0.25, 0.3) is 11.5 Å². The van der Waals surface area contributed by atoms with Gasteiger partial charge in [-0.1, -0.05) is 0 Å². The Morgan fingerprint density at radius 2 is 2.20 bits per heavy atom. The van der Waals surface area contributed by atoms with Crippen molar-refractivity contribution in [1.29, 1.82) is 0 Å². The summed E-state index contributed by atoms with van der Waals surface area (Å²) in [6, 6.07) is 0.889. The van der Waals surface area contributed by atoms with Gasteiger partial charge in [-0.25, -0.2) is 8.78 Å². The lowest BCUT2D eigenvalue weighted by molar-refractivity contribution is -0.123. The van der Waals surface area contributed by atoms with Crippen LogP contribution in [0.1, 0.15) is 23.2 Å². The van der Waals surface area contributed by atoms with Crippen LogP contribution in [0.3, 0.4) is 0 Å². The van der Waals surface area contributed by atoms with Crippen LogP contribution in [0.5, 0.6) is 0 Å². The second-order valence-corrected chi connectivity index (χ2v) is 5.15. The molecule has 1 aliphatic heterocycles. The molecule has 1 aromatic heterocycles. The number of rotatable bonds is 3. The Balaban J connectivity index is 2.00. The van der Waals surface area contributed by atoms with E-state index in [0.29, 0.717) is 5.56 Å². The standard InChI is InChI=1S/C13H17F2N3O2/c1-7-3-8(2)18-11(19)9(7)5-16-12(20)10-4-13(14,15)6-17-10/h3,10,17H,4-6H2,1-2H3,(H,16,20)(H,18,19). The lowest BCUT2D eigenvalue weighted by Crippen LogP contribution is -2.41. The molecule has 5 nitrogen and oxygen atoms in total. The topological polar surface area (TPSA) is 74.0 Å². The van der Waals surface area contributed by atoms with Crippen molar-refractivity contribution in [3.05, 3.63) is 33.2 Å². The number of alkyl halides is 2. The van der Waals surface area contributed by atoms with E-state index in [-0.39, 0.29) is 12.1 Å². The van der Waals surface area contributed by atoms with Crippen molar-refractivity contribution in [1.82, 2.24) is 15.6 Å². The summed E-state index contributed by atoms with van der Waals surface area (Å²) in [5.41, 5.74) is 1.66. The number of hydrogen-bond acceptors (Lipinski definition) is 3. The Kier molecular flexibility index (Phi) is 3.89. The Morgan fingerprint density at radius 3 is 2.75 bits per heavy atom. The number of pyridine rings is 1. The molecule has 20 heavy (non-hydrogen) atoms. The monoisotopic (exact) mass is 285 g/mol. The zero-order valence-corrected chi connectivity index (χ0v) is 11.3. The molecule has 0 bridgehead atoms. The normalized spacial score (nSPS) is 20.9. The number of aromatic nitrogens is 1. The van der Waals surface area contributed by atoms with E-state index in [4.69, 9.17) is 0 Å². The molecule has 0 spiro atoms. The van der Waals surface area contributed by atoms with Crippen molar-refractivity contribution < 1.29 is 13.6 Å². The summed E-state index contributed by atoms with van der Waals surface area (Å²) in [5, 5.41) is 5.00. The van der Waals surface area contributed by atoms with Crippen LogP contribution < -0.4 is 16.2 Å². The predicted molar refractivity (Wildman–Crippen MR) is 69.7 cm³/mol. The third-order valence-corrected chi connectivity index (χ3v) is 3.36. The van der Waals surface area contributed by atoms with Gasteiger partial charge in [-0.05, 0) is 25.5 Å². The SMILES string of the molecule is Cc1cc(C)c(CNC(=O)C2CC(F)(F)CN2)c(=O)[nH]1. The maximum absolute atomic E-state index is 13.0. The Morgan fingerprint density at radius 1 is 1.50 bits per heavy atom. The second-order valence-electron chi connectivity index (χ2n) is 5.15. The molecule has 3 N–H and O–H groups in total. The van der Waals surface area contributed by atoms with Gasteiger partial charge in [0.1, 0.15) is 0 Å². The maximum Gasteiger partial charge on any atom is 0.262 e. The van der Waals surface area contributed by atoms with E-state index in [2.05, 4.69) is 15.6 Å². The van der Waals surface area contributed by atoms with Gasteiger partial charge in [0.15, 0.2) is 0 Å². The lowest BCUT2D eigenvalue weighted by atomic mass is 10.1. The highest BCUT2D eigenvalue weighted by Gasteiger charge is 2.42. The van der Waals surface area contributed by atoms with E-state index >= 15 is 0 Å². The first-order valence-electron chi connectivity index (χ1n) is 6.37. The summed E-state index contributed by atoms with van der Waals surface area (Å²) >= 11 is 0. The van der Waals surface area contributed by atoms with Crippen molar-refractivity contribution >= 4 is 5.91 Å². The van der Waals surface area contributed by atoms with Crippen LogP contribution in [-0.4, -0.2) is 29.4 Å². The van der Waals surface area contributed by atoms with Crippen LogP contribution in [0.2, 0.25) is 0 Å². The number of hydrogen-bond donors (Lipinski definition) is 3. The lowest BCUT2D eigenvalue weighted by Gasteiger charge is -2.12. The zero-order chi connectivity index (χ0) is 14.9. The van der Waals surface area contributed by atoms with Gasteiger partial charge < -0.3 is 10.3 Å². The maximum atomic E-state index is 13.0. The van der Waals surface area contributed by atoms with E-state index in [1.807, 2.05) is 0 Å². The minimum absolute atomic E-state index is 0.0318. The second kappa shape index (κ2) is 5.32. The summed E-state index contributed by atoms with van der Waals surface area (Å²) in [6.07, 6.45) is -0.512. The van der Waals surface area contributed by atoms with E-state index in [1.54, 1.807) is 19.9 Å². The third-order valence-electron chi connectivity index (χ3n) is 3.36. The molecule has 7 heteroatoms. The summed E-state index contributed by atoms with van der Waals surface area (Å²) in [7, 11) is 0. The van der Waals surface area contributed by atoms with Crippen LogP contribution in [0.25, 0.3) is 0 Å². The molecular formula is C13H17F2N3O2. The van der Waals surface area contributed by atoms with Crippen LogP contribution in [0.4, 0.5) is 8.78 Å². The average molecular weight is 285 g/mol. The molecule has 2 heterocycles. The van der Waals surface area contributed by atoms with Crippen LogP contribution in [-0.2, 0) is 11.3 Å². The number of carbonyl (C=O) groups excluding carboxylic acids is 1. The summed E-state index contributed by atoms with van der Waals surface area (Å²) in [4.78, 5) is 26.2. The third kappa shape index (κ3) is 3.22. The molecular weight excluding hydrogens is 268 g/mol. The summed E-state index contributed by atoms with van der Waals surface area (Å²) < 4.78 is 26.0. The first kappa shape index (κ1) is 14.6. The van der Waals surface area contributed by atoms with Crippen LogP contribution in [0.15, 0.2) is 10.9 Å². The molecule has 1 aliphatic rings. The summed E-state index contributed by atoms with van der Waals surface area (Å²) in [5.74, 6) is -3.36. The molecule has 0 saturated carbocycles. The van der Waals surface area contributed by atoms with Gasteiger partial charge in [0.05, 0.1) is 12.6 Å². The Labute approximate surface area is 114 Å². The number of amides is 1. The first-order chi connectivity index (χ1) is 9.28. The minimum Gasteiger partial charge on any atom is -0.350 e. The molecule has 0 radical (unpaired) electrons. The Hall–Kier alpha value is -1.76. The van der Waals surface area contributed by atoms with Crippen molar-refractivity contribution in [2.24, 2.45) is 0 Å². The average Bonchev–Trinajstić information content (AvgIpc) is 2.68. The zero-order valence-electron chi connectivity index (χ0n) is 11.3. The number of aromatic amines is 1. The van der Waals surface area contributed by atoms with Gasteiger partial charge in [-0.2, -0.15) is 0 Å². The van der Waals surface area contributed by atoms with Gasteiger partial charge in [0, 0.05) is 24.2 Å². The molecule has 110 valence electrons. The fourth-order valence-corrected chi connectivity index (χ4v) is 2.30. The fraction of sp³-hybridized carbons (Fsp3) is 0.538. The number of halogens is 2. The molecule has 1 saturated heterocycles. The molecule has 1 aromatic rings. The van der Waals surface area contributed by atoms with Gasteiger partial charge in [-0.15, -0.1) is 0 Å². The van der Waals surface area contributed by atoms with Crippen molar-refractivity contribution in [3.63, 3.8) is 0 Å². The van der Waals surface area contributed by atoms with Gasteiger partial charge in [-0.3, -0.25) is 14.9 Å². The molecule has 1 unspecified atom stereocenters. The largest absolute Gasteiger partial charge is 0.350 e. The summed E-state index contributed by atoms with van der Waals surface area (Å²) in [6.45, 7) is 3.08. The van der Waals surface area contributed by atoms with Gasteiger partial charge >= 0.3 is 0 Å². The minimum atomic E-state index is -2.85. The van der Waals surface area contributed by atoms with Crippen molar-refractivity contribution in [2.45, 2.75) is 38.8 Å². The molecule has 1 fully saturated rings. The number of nitrogens with one attached hydrogen (secondary N) is 3. The number of aryl methyl sites for hydroxylation is 2. The molecule has 0 aromatic carbocycles. The fourth-order valence-electron chi connectivity index (χ4n) is 2.30. The molecule has 1 amide bonds.